The third-order valence-electron chi connectivity index (χ3n) is 8.82. The Labute approximate surface area is 180 Å². The highest BCUT2D eigenvalue weighted by molar-refractivity contribution is 5.70. The van der Waals surface area contributed by atoms with Crippen LogP contribution in [0.2, 0.25) is 0 Å². The average Bonchev–Trinajstić information content (AvgIpc) is 3.38. The van der Waals surface area contributed by atoms with Crippen molar-refractivity contribution in [3.05, 3.63) is 70.8 Å². The maximum Gasteiger partial charge on any atom is 0.174 e. The molecule has 0 aromatic heterocycles. The minimum Gasteiger partial charge on any atom is -0.347 e. The Morgan fingerprint density at radius 1 is 0.867 bits per heavy atom. The molecule has 156 valence electrons. The maximum absolute atomic E-state index is 6.27. The van der Waals surface area contributed by atoms with E-state index in [0.29, 0.717) is 0 Å². The number of benzene rings is 2. The number of aryl methyl sites for hydroxylation is 1. The first-order valence-corrected chi connectivity index (χ1v) is 11.8. The van der Waals surface area contributed by atoms with Crippen molar-refractivity contribution in [3.63, 3.8) is 0 Å². The molecule has 1 aliphatic heterocycles. The van der Waals surface area contributed by atoms with Gasteiger partial charge in [-0.2, -0.15) is 0 Å². The molecule has 2 aromatic rings. The SMILES string of the molecule is C[C@]12CC[C@@H]3c4ccc(/C=C/c5ccccc5)cc4CC[C@H]3[C@@H]1CCC21OCCO1. The smallest absolute Gasteiger partial charge is 0.174 e. The maximum atomic E-state index is 6.27. The van der Waals surface area contributed by atoms with E-state index in [0.717, 1.165) is 37.4 Å². The van der Waals surface area contributed by atoms with Crippen molar-refractivity contribution in [2.45, 2.75) is 57.2 Å². The molecule has 0 radical (unpaired) electrons. The molecular formula is C28H32O2. The van der Waals surface area contributed by atoms with Crippen LogP contribution in [0.3, 0.4) is 0 Å². The van der Waals surface area contributed by atoms with Crippen molar-refractivity contribution >= 4 is 12.2 Å². The highest BCUT2D eigenvalue weighted by Gasteiger charge is 2.64. The summed E-state index contributed by atoms with van der Waals surface area (Å²) in [7, 11) is 0. The van der Waals surface area contributed by atoms with E-state index in [2.05, 4.69) is 67.6 Å². The summed E-state index contributed by atoms with van der Waals surface area (Å²) in [6.07, 6.45) is 11.9. The van der Waals surface area contributed by atoms with E-state index in [1.165, 1.54) is 43.2 Å². The highest BCUT2D eigenvalue weighted by atomic mass is 16.7. The summed E-state index contributed by atoms with van der Waals surface area (Å²) >= 11 is 0. The van der Waals surface area contributed by atoms with Gasteiger partial charge in [0.05, 0.1) is 13.2 Å². The Morgan fingerprint density at radius 2 is 1.67 bits per heavy atom. The third kappa shape index (κ3) is 2.77. The van der Waals surface area contributed by atoms with Crippen molar-refractivity contribution < 1.29 is 9.47 Å². The first kappa shape index (κ1) is 18.8. The molecule has 2 nitrogen and oxygen atoms in total. The second kappa shape index (κ2) is 7.07. The molecule has 0 bridgehead atoms. The average molecular weight is 401 g/mol. The minimum absolute atomic E-state index is 0.195. The van der Waals surface area contributed by atoms with Gasteiger partial charge < -0.3 is 9.47 Å². The van der Waals surface area contributed by atoms with E-state index in [1.54, 1.807) is 11.1 Å². The lowest BCUT2D eigenvalue weighted by molar-refractivity contribution is -0.237. The Kier molecular flexibility index (Phi) is 4.44. The Bertz CT molecular complexity index is 956. The van der Waals surface area contributed by atoms with Crippen LogP contribution in [0, 0.1) is 17.3 Å². The zero-order valence-electron chi connectivity index (χ0n) is 18.0. The molecule has 1 heterocycles. The number of ether oxygens (including phenoxy) is 2. The zero-order chi connectivity index (χ0) is 20.2. The predicted molar refractivity (Wildman–Crippen MR) is 121 cm³/mol. The van der Waals surface area contributed by atoms with Gasteiger partial charge in [-0.3, -0.25) is 0 Å². The molecule has 30 heavy (non-hydrogen) atoms. The van der Waals surface area contributed by atoms with Crippen LogP contribution in [-0.4, -0.2) is 19.0 Å². The molecule has 0 unspecified atom stereocenters. The topological polar surface area (TPSA) is 18.5 Å². The van der Waals surface area contributed by atoms with E-state index in [1.807, 2.05) is 0 Å². The van der Waals surface area contributed by atoms with Crippen LogP contribution in [-0.2, 0) is 15.9 Å². The van der Waals surface area contributed by atoms with Crippen LogP contribution in [0.4, 0.5) is 0 Å². The van der Waals surface area contributed by atoms with Crippen molar-refractivity contribution in [1.29, 1.82) is 0 Å². The molecule has 2 saturated carbocycles. The summed E-state index contributed by atoms with van der Waals surface area (Å²) < 4.78 is 12.5. The molecule has 3 aliphatic carbocycles. The summed E-state index contributed by atoms with van der Waals surface area (Å²) in [5, 5.41) is 0. The summed E-state index contributed by atoms with van der Waals surface area (Å²) in [6, 6.07) is 17.8. The predicted octanol–water partition coefficient (Wildman–Crippen LogP) is 6.46. The first-order valence-electron chi connectivity index (χ1n) is 11.8. The van der Waals surface area contributed by atoms with Crippen LogP contribution in [0.25, 0.3) is 12.2 Å². The van der Waals surface area contributed by atoms with Crippen LogP contribution in [0.1, 0.15) is 67.2 Å². The minimum atomic E-state index is -0.283. The van der Waals surface area contributed by atoms with Gasteiger partial charge in [0.2, 0.25) is 0 Å². The molecular weight excluding hydrogens is 368 g/mol. The van der Waals surface area contributed by atoms with Gasteiger partial charge in [-0.05, 0) is 72.1 Å². The second-order valence-corrected chi connectivity index (χ2v) is 10.1. The van der Waals surface area contributed by atoms with E-state index < -0.39 is 0 Å². The Balaban J connectivity index is 1.26. The quantitative estimate of drug-likeness (QED) is 0.539. The fourth-order valence-electron chi connectivity index (χ4n) is 7.35. The molecule has 4 aliphatic rings. The van der Waals surface area contributed by atoms with Gasteiger partial charge in [0.25, 0.3) is 0 Å². The van der Waals surface area contributed by atoms with Crippen LogP contribution >= 0.6 is 0 Å². The van der Waals surface area contributed by atoms with E-state index in [9.17, 15) is 0 Å². The van der Waals surface area contributed by atoms with Crippen LogP contribution in [0.5, 0.6) is 0 Å². The standard InChI is InChI=1S/C28H32O2/c1-27-15-13-24-23-11-9-21(8-7-20-5-3-2-4-6-20)19-22(23)10-12-25(24)26(27)14-16-28(27)29-17-18-30-28/h2-9,11,19,24-26H,10,12-18H2,1H3/b8-7+/t24-,25-,26+,27+/m1/s1. The van der Waals surface area contributed by atoms with Gasteiger partial charge in [0.1, 0.15) is 0 Å². The molecule has 1 saturated heterocycles. The Hall–Kier alpha value is -1.90. The largest absolute Gasteiger partial charge is 0.347 e. The fourth-order valence-corrected chi connectivity index (χ4v) is 7.35. The van der Waals surface area contributed by atoms with Gasteiger partial charge in [0, 0.05) is 11.8 Å². The lowest BCUT2D eigenvalue weighted by Crippen LogP contribution is -2.51. The van der Waals surface area contributed by atoms with Gasteiger partial charge >= 0.3 is 0 Å². The third-order valence-corrected chi connectivity index (χ3v) is 8.82. The summed E-state index contributed by atoms with van der Waals surface area (Å²) in [5.41, 5.74) is 5.98. The lowest BCUT2D eigenvalue weighted by Gasteiger charge is -2.52. The number of fused-ring (bicyclic) bond motifs is 6. The first-order chi connectivity index (χ1) is 14.7. The van der Waals surface area contributed by atoms with Crippen molar-refractivity contribution in [3.8, 4) is 0 Å². The van der Waals surface area contributed by atoms with Crippen molar-refractivity contribution in [1.82, 2.24) is 0 Å². The Morgan fingerprint density at radius 3 is 2.50 bits per heavy atom. The molecule has 4 atom stereocenters. The molecule has 3 fully saturated rings. The lowest BCUT2D eigenvalue weighted by atomic mass is 9.55. The number of hydrogen-bond donors (Lipinski definition) is 0. The molecule has 2 aromatic carbocycles. The van der Waals surface area contributed by atoms with Crippen molar-refractivity contribution in [2.75, 3.05) is 13.2 Å². The van der Waals surface area contributed by atoms with Gasteiger partial charge in [0.15, 0.2) is 5.79 Å². The summed E-state index contributed by atoms with van der Waals surface area (Å²) in [5.74, 6) is 1.96. The van der Waals surface area contributed by atoms with Crippen LogP contribution in [0.15, 0.2) is 48.5 Å². The molecule has 2 heteroatoms. The van der Waals surface area contributed by atoms with Crippen LogP contribution < -0.4 is 0 Å². The molecule has 6 rings (SSSR count). The van der Waals surface area contributed by atoms with E-state index in [-0.39, 0.29) is 11.2 Å². The van der Waals surface area contributed by atoms with E-state index >= 15 is 0 Å². The fraction of sp³-hybridized carbons (Fsp3) is 0.500. The molecule has 0 N–H and O–H groups in total. The van der Waals surface area contributed by atoms with Gasteiger partial charge in [-0.1, -0.05) is 67.6 Å². The highest BCUT2D eigenvalue weighted by Crippen LogP contribution is 2.66. The summed E-state index contributed by atoms with van der Waals surface area (Å²) in [6.45, 7) is 4.02. The zero-order valence-corrected chi connectivity index (χ0v) is 18.0. The molecule has 1 spiro atoms. The van der Waals surface area contributed by atoms with Crippen molar-refractivity contribution in [2.24, 2.45) is 17.3 Å². The summed E-state index contributed by atoms with van der Waals surface area (Å²) in [4.78, 5) is 0. The van der Waals surface area contributed by atoms with Gasteiger partial charge in [-0.15, -0.1) is 0 Å². The monoisotopic (exact) mass is 400 g/mol. The second-order valence-electron chi connectivity index (χ2n) is 10.1. The normalized spacial score (nSPS) is 34.1. The number of hydrogen-bond acceptors (Lipinski definition) is 2. The van der Waals surface area contributed by atoms with Gasteiger partial charge in [-0.25, -0.2) is 0 Å². The van der Waals surface area contributed by atoms with E-state index in [4.69, 9.17) is 9.47 Å². The number of rotatable bonds is 2. The molecule has 0 amide bonds.